The van der Waals surface area contributed by atoms with Gasteiger partial charge in [0.25, 0.3) is 0 Å². The zero-order valence-electron chi connectivity index (χ0n) is 15.9. The second-order valence-corrected chi connectivity index (χ2v) is 10.4. The molecule has 2 atom stereocenters. The summed E-state index contributed by atoms with van der Waals surface area (Å²) in [5, 5.41) is 0. The normalized spacial score (nSPS) is 24.4. The lowest BCUT2D eigenvalue weighted by Crippen LogP contribution is -2.50. The Kier molecular flexibility index (Phi) is 4.62. The lowest BCUT2D eigenvalue weighted by molar-refractivity contribution is 0.493. The van der Waals surface area contributed by atoms with E-state index in [0.29, 0.717) is 15.4 Å². The molecule has 3 aromatic rings. The molecule has 150 valence electrons. The molecule has 0 spiro atoms. The molecular formula is C19H19FN6OS2. The number of guanidine groups is 1. The van der Waals surface area contributed by atoms with Crippen molar-refractivity contribution in [2.24, 2.45) is 10.7 Å². The minimum Gasteiger partial charge on any atom is -0.369 e. The molecule has 1 aliphatic heterocycles. The fourth-order valence-electron chi connectivity index (χ4n) is 3.23. The van der Waals surface area contributed by atoms with Crippen LogP contribution in [0, 0.1) is 5.82 Å². The summed E-state index contributed by atoms with van der Waals surface area (Å²) >= 11 is 1.26. The van der Waals surface area contributed by atoms with Gasteiger partial charge >= 0.3 is 0 Å². The van der Waals surface area contributed by atoms with Crippen molar-refractivity contribution < 1.29 is 8.60 Å². The van der Waals surface area contributed by atoms with Crippen LogP contribution in [0.1, 0.15) is 11.8 Å². The lowest BCUT2D eigenvalue weighted by Gasteiger charge is -2.36. The Hall–Kier alpha value is -2.85. The van der Waals surface area contributed by atoms with Gasteiger partial charge in [0.15, 0.2) is 0 Å². The van der Waals surface area contributed by atoms with Crippen molar-refractivity contribution in [3.05, 3.63) is 53.8 Å². The molecule has 29 heavy (non-hydrogen) atoms. The summed E-state index contributed by atoms with van der Waals surface area (Å²) in [5.41, 5.74) is 7.15. The molecule has 0 aliphatic carbocycles. The number of aromatic nitrogens is 3. The second-order valence-electron chi connectivity index (χ2n) is 7.00. The Labute approximate surface area is 172 Å². The summed E-state index contributed by atoms with van der Waals surface area (Å²) < 4.78 is 29.2. The predicted octanol–water partition coefficient (Wildman–Crippen LogP) is 2.51. The molecule has 0 amide bonds. The zero-order valence-corrected chi connectivity index (χ0v) is 17.5. The van der Waals surface area contributed by atoms with Gasteiger partial charge in [-0.3, -0.25) is 9.29 Å². The van der Waals surface area contributed by atoms with E-state index < -0.39 is 21.1 Å². The first-order valence-corrected chi connectivity index (χ1v) is 11.3. The van der Waals surface area contributed by atoms with Crippen LogP contribution in [0.2, 0.25) is 0 Å². The van der Waals surface area contributed by atoms with Gasteiger partial charge in [0.1, 0.15) is 17.7 Å². The fourth-order valence-corrected chi connectivity index (χ4v) is 6.10. The maximum Gasteiger partial charge on any atom is 0.203 e. The highest BCUT2D eigenvalue weighted by molar-refractivity contribution is 7.98. The summed E-state index contributed by atoms with van der Waals surface area (Å²) in [4.78, 5) is 17.9. The van der Waals surface area contributed by atoms with Gasteiger partial charge in [0.05, 0.1) is 26.0 Å². The molecule has 4 heterocycles. The van der Waals surface area contributed by atoms with Gasteiger partial charge in [-0.2, -0.15) is 0 Å². The molecule has 1 unspecified atom stereocenters. The van der Waals surface area contributed by atoms with E-state index in [-0.39, 0.29) is 11.7 Å². The van der Waals surface area contributed by atoms with Crippen LogP contribution in [0.3, 0.4) is 0 Å². The standard InChI is InChI=1S/C19H19FN6OS2/c1-19(10-29(3,27)26(2)18(21)25-19)17-14(20)7-16(28-17)12-4-5-24-15(6-12)13-8-22-11-23-9-13/h4-9,11H,3,10H2,1-2H3,(H2,21,25)/t19-,29?/m0/s1. The second kappa shape index (κ2) is 6.89. The van der Waals surface area contributed by atoms with Crippen LogP contribution in [0.25, 0.3) is 21.7 Å². The van der Waals surface area contributed by atoms with E-state index in [4.69, 9.17) is 5.73 Å². The molecule has 0 aromatic carbocycles. The number of nitrogens with zero attached hydrogens (tertiary/aromatic N) is 5. The van der Waals surface area contributed by atoms with E-state index in [1.807, 2.05) is 12.1 Å². The number of hydrogen-bond acceptors (Lipinski definition) is 7. The van der Waals surface area contributed by atoms with Crippen LogP contribution in [0.15, 0.2) is 48.1 Å². The molecule has 4 rings (SSSR count). The quantitative estimate of drug-likeness (QED) is 0.644. The van der Waals surface area contributed by atoms with Crippen molar-refractivity contribution in [3.63, 3.8) is 0 Å². The van der Waals surface area contributed by atoms with Crippen LogP contribution >= 0.6 is 11.3 Å². The minimum absolute atomic E-state index is 0.0804. The molecule has 1 aliphatic rings. The number of nitrogens with two attached hydrogens (primary N) is 1. The fraction of sp³-hybridized carbons (Fsp3) is 0.211. The van der Waals surface area contributed by atoms with Gasteiger partial charge in [0, 0.05) is 36.1 Å². The van der Waals surface area contributed by atoms with Crippen molar-refractivity contribution in [1.29, 1.82) is 0 Å². The van der Waals surface area contributed by atoms with Crippen LogP contribution < -0.4 is 5.73 Å². The van der Waals surface area contributed by atoms with Gasteiger partial charge in [-0.15, -0.1) is 11.3 Å². The van der Waals surface area contributed by atoms with Crippen molar-refractivity contribution in [2.45, 2.75) is 12.5 Å². The topological polar surface area (TPSA) is 97.4 Å². The van der Waals surface area contributed by atoms with Crippen molar-refractivity contribution >= 4 is 32.9 Å². The largest absolute Gasteiger partial charge is 0.369 e. The van der Waals surface area contributed by atoms with Gasteiger partial charge < -0.3 is 5.73 Å². The summed E-state index contributed by atoms with van der Waals surface area (Å²) in [6.07, 6.45) is 6.44. The van der Waals surface area contributed by atoms with Crippen molar-refractivity contribution in [3.8, 4) is 21.7 Å². The Balaban J connectivity index is 1.77. The Morgan fingerprint density at radius 1 is 1.31 bits per heavy atom. The van der Waals surface area contributed by atoms with Crippen LogP contribution in [-0.4, -0.2) is 48.1 Å². The molecule has 0 radical (unpaired) electrons. The summed E-state index contributed by atoms with van der Waals surface area (Å²) in [6.45, 7) is 1.73. The lowest BCUT2D eigenvalue weighted by atomic mass is 10.0. The first kappa shape index (κ1) is 19.5. The average molecular weight is 431 g/mol. The number of hydrogen-bond donors (Lipinski definition) is 1. The summed E-state index contributed by atoms with van der Waals surface area (Å²) in [6, 6.07) is 5.12. The average Bonchev–Trinajstić information content (AvgIpc) is 3.09. The Bertz CT molecular complexity index is 1210. The van der Waals surface area contributed by atoms with Gasteiger partial charge in [-0.05, 0) is 36.6 Å². The van der Waals surface area contributed by atoms with E-state index in [9.17, 15) is 8.60 Å². The Morgan fingerprint density at radius 3 is 2.72 bits per heavy atom. The molecule has 0 saturated carbocycles. The van der Waals surface area contributed by atoms with Crippen LogP contribution in [0.4, 0.5) is 4.39 Å². The summed E-state index contributed by atoms with van der Waals surface area (Å²) in [5.74, 6) is 3.53. The number of thiophene rings is 1. The molecule has 0 bridgehead atoms. The first-order valence-electron chi connectivity index (χ1n) is 8.65. The monoisotopic (exact) mass is 430 g/mol. The molecule has 2 N–H and O–H groups in total. The third kappa shape index (κ3) is 3.49. The van der Waals surface area contributed by atoms with Crippen molar-refractivity contribution in [1.82, 2.24) is 19.3 Å². The Morgan fingerprint density at radius 2 is 2.03 bits per heavy atom. The molecule has 3 aromatic heterocycles. The van der Waals surface area contributed by atoms with E-state index in [1.54, 1.807) is 32.6 Å². The van der Waals surface area contributed by atoms with E-state index in [2.05, 4.69) is 25.8 Å². The molecule has 0 fully saturated rings. The highest BCUT2D eigenvalue weighted by Gasteiger charge is 2.40. The molecule has 7 nitrogen and oxygen atoms in total. The first-order chi connectivity index (χ1) is 13.7. The van der Waals surface area contributed by atoms with Gasteiger partial charge in [-0.25, -0.2) is 23.6 Å². The van der Waals surface area contributed by atoms with E-state index in [0.717, 1.165) is 11.1 Å². The summed E-state index contributed by atoms with van der Waals surface area (Å²) in [7, 11) is -1.11. The maximum atomic E-state index is 15.0. The number of pyridine rings is 1. The van der Waals surface area contributed by atoms with Crippen molar-refractivity contribution in [2.75, 3.05) is 12.8 Å². The third-order valence-corrected chi connectivity index (χ3v) is 8.38. The van der Waals surface area contributed by atoms with Crippen LogP contribution in [0.5, 0.6) is 0 Å². The van der Waals surface area contributed by atoms with E-state index >= 15 is 0 Å². The number of halogens is 1. The molecule has 0 saturated heterocycles. The number of rotatable bonds is 3. The smallest absolute Gasteiger partial charge is 0.203 e. The van der Waals surface area contributed by atoms with Gasteiger partial charge in [0.2, 0.25) is 5.96 Å². The molecular weight excluding hydrogens is 411 g/mol. The van der Waals surface area contributed by atoms with E-state index in [1.165, 1.54) is 28.0 Å². The predicted molar refractivity (Wildman–Crippen MR) is 115 cm³/mol. The highest BCUT2D eigenvalue weighted by atomic mass is 32.2. The minimum atomic E-state index is -2.69. The maximum absolute atomic E-state index is 15.0. The third-order valence-electron chi connectivity index (χ3n) is 4.77. The number of aliphatic imine (C=N–C) groups is 1. The van der Waals surface area contributed by atoms with Crippen LogP contribution in [-0.2, 0) is 15.2 Å². The SMILES string of the molecule is C=S1(=O)C[C@@](C)(c2sc(-c3ccnc(-c4cncnc4)c3)cc2F)N=C(N)N1C. The molecule has 10 heteroatoms. The van der Waals surface area contributed by atoms with Gasteiger partial charge in [-0.1, -0.05) is 0 Å². The highest BCUT2D eigenvalue weighted by Crippen LogP contribution is 2.41. The zero-order chi connectivity index (χ0) is 20.8.